The number of hydrogen-bond acceptors (Lipinski definition) is 5. The molecule has 25 heavy (non-hydrogen) atoms. The highest BCUT2D eigenvalue weighted by atomic mass is 32.2. The van der Waals surface area contributed by atoms with Crippen molar-refractivity contribution >= 4 is 44.4 Å². The zero-order valence-electron chi connectivity index (χ0n) is 13.0. The molecular formula is C15H15FN2O4S3. The highest BCUT2D eigenvalue weighted by Crippen LogP contribution is 2.23. The molecule has 2 rings (SSSR count). The average molecular weight is 402 g/mol. The summed E-state index contributed by atoms with van der Waals surface area (Å²) in [6.07, 6.45) is 1.31. The SMILES string of the molecule is Cc1ccc(/C=C/S(=O)(=O)Nc2ccc(F)cc2S(N)(=O)=O)c(S)c1. The van der Waals surface area contributed by atoms with E-state index < -0.39 is 30.8 Å². The fourth-order valence-corrected chi connectivity index (χ4v) is 3.96. The molecular weight excluding hydrogens is 387 g/mol. The number of thiol groups is 1. The van der Waals surface area contributed by atoms with Gasteiger partial charge in [0.1, 0.15) is 10.7 Å². The fraction of sp³-hybridized carbons (Fsp3) is 0.0667. The van der Waals surface area contributed by atoms with E-state index in [1.165, 1.54) is 6.08 Å². The van der Waals surface area contributed by atoms with E-state index in [1.54, 1.807) is 18.2 Å². The third kappa shape index (κ3) is 5.30. The summed E-state index contributed by atoms with van der Waals surface area (Å²) in [6, 6.07) is 7.79. The van der Waals surface area contributed by atoms with Crippen LogP contribution in [0.25, 0.3) is 6.08 Å². The van der Waals surface area contributed by atoms with E-state index in [-0.39, 0.29) is 5.69 Å². The molecule has 0 aliphatic heterocycles. The van der Waals surface area contributed by atoms with Gasteiger partial charge in [-0.15, -0.1) is 12.6 Å². The molecule has 0 saturated heterocycles. The molecule has 6 nitrogen and oxygen atoms in total. The van der Waals surface area contributed by atoms with Crippen LogP contribution in [-0.2, 0) is 20.0 Å². The summed E-state index contributed by atoms with van der Waals surface area (Å²) in [5, 5.41) is 5.84. The lowest BCUT2D eigenvalue weighted by molar-refractivity contribution is 0.593. The molecule has 2 aromatic carbocycles. The van der Waals surface area contributed by atoms with Gasteiger partial charge in [-0.05, 0) is 48.4 Å². The predicted octanol–water partition coefficient (Wildman–Crippen LogP) is 2.48. The topological polar surface area (TPSA) is 106 Å². The summed E-state index contributed by atoms with van der Waals surface area (Å²) in [5.41, 5.74) is 1.18. The molecule has 0 fully saturated rings. The summed E-state index contributed by atoms with van der Waals surface area (Å²) in [5.74, 6) is -0.859. The summed E-state index contributed by atoms with van der Waals surface area (Å²) in [7, 11) is -8.37. The molecule has 0 spiro atoms. The third-order valence-corrected chi connectivity index (χ3v) is 5.45. The Bertz CT molecular complexity index is 1050. The lowest BCUT2D eigenvalue weighted by atomic mass is 10.1. The molecule has 0 unspecified atom stereocenters. The number of rotatable bonds is 5. The van der Waals surface area contributed by atoms with Gasteiger partial charge in [-0.1, -0.05) is 12.1 Å². The molecule has 0 aliphatic rings. The van der Waals surface area contributed by atoms with Gasteiger partial charge in [-0.2, -0.15) is 0 Å². The number of halogens is 1. The molecule has 10 heteroatoms. The third-order valence-electron chi connectivity index (χ3n) is 3.12. The summed E-state index contributed by atoms with van der Waals surface area (Å²) in [4.78, 5) is -0.0758. The summed E-state index contributed by atoms with van der Waals surface area (Å²) in [6.45, 7) is 1.87. The van der Waals surface area contributed by atoms with Crippen LogP contribution in [0, 0.1) is 12.7 Å². The highest BCUT2D eigenvalue weighted by Gasteiger charge is 2.18. The highest BCUT2D eigenvalue weighted by molar-refractivity contribution is 7.95. The first-order valence-electron chi connectivity index (χ1n) is 6.81. The zero-order valence-corrected chi connectivity index (χ0v) is 15.5. The number of primary sulfonamides is 1. The van der Waals surface area contributed by atoms with Crippen LogP contribution in [0.5, 0.6) is 0 Å². The van der Waals surface area contributed by atoms with Crippen molar-refractivity contribution in [2.45, 2.75) is 16.7 Å². The Kier molecular flexibility index (Phi) is 5.57. The van der Waals surface area contributed by atoms with Crippen molar-refractivity contribution in [3.8, 4) is 0 Å². The molecule has 0 aliphatic carbocycles. The minimum Gasteiger partial charge on any atom is -0.279 e. The van der Waals surface area contributed by atoms with Crippen LogP contribution in [0.1, 0.15) is 11.1 Å². The predicted molar refractivity (Wildman–Crippen MR) is 97.8 cm³/mol. The van der Waals surface area contributed by atoms with Gasteiger partial charge in [-0.3, -0.25) is 4.72 Å². The maximum atomic E-state index is 13.2. The van der Waals surface area contributed by atoms with E-state index in [1.807, 2.05) is 6.92 Å². The number of aryl methyl sites for hydroxylation is 1. The van der Waals surface area contributed by atoms with E-state index in [4.69, 9.17) is 5.14 Å². The van der Waals surface area contributed by atoms with E-state index in [0.29, 0.717) is 16.5 Å². The summed E-state index contributed by atoms with van der Waals surface area (Å²) >= 11 is 4.26. The van der Waals surface area contributed by atoms with Crippen molar-refractivity contribution in [1.29, 1.82) is 0 Å². The monoisotopic (exact) mass is 402 g/mol. The van der Waals surface area contributed by atoms with Crippen molar-refractivity contribution < 1.29 is 21.2 Å². The molecule has 0 radical (unpaired) electrons. The Morgan fingerprint density at radius 1 is 1.12 bits per heavy atom. The number of anilines is 1. The second-order valence-electron chi connectivity index (χ2n) is 5.20. The van der Waals surface area contributed by atoms with E-state index in [2.05, 4.69) is 17.4 Å². The van der Waals surface area contributed by atoms with Crippen molar-refractivity contribution in [2.24, 2.45) is 5.14 Å². The van der Waals surface area contributed by atoms with Crippen molar-refractivity contribution in [3.63, 3.8) is 0 Å². The maximum absolute atomic E-state index is 13.2. The maximum Gasteiger partial charge on any atom is 0.255 e. The van der Waals surface area contributed by atoms with Gasteiger partial charge in [0.25, 0.3) is 10.0 Å². The minimum atomic E-state index is -4.31. The van der Waals surface area contributed by atoms with Crippen LogP contribution >= 0.6 is 12.6 Å². The first-order valence-corrected chi connectivity index (χ1v) is 10.3. The number of benzene rings is 2. The van der Waals surface area contributed by atoms with Gasteiger partial charge in [-0.25, -0.2) is 26.4 Å². The normalized spacial score (nSPS) is 12.5. The van der Waals surface area contributed by atoms with Crippen LogP contribution in [0.2, 0.25) is 0 Å². The van der Waals surface area contributed by atoms with E-state index >= 15 is 0 Å². The molecule has 134 valence electrons. The zero-order chi connectivity index (χ0) is 18.8. The van der Waals surface area contributed by atoms with Crippen molar-refractivity contribution in [2.75, 3.05) is 4.72 Å². The number of nitrogens with two attached hydrogens (primary N) is 1. The second-order valence-corrected chi connectivity index (χ2v) is 8.78. The van der Waals surface area contributed by atoms with Gasteiger partial charge < -0.3 is 0 Å². The first-order chi connectivity index (χ1) is 11.5. The van der Waals surface area contributed by atoms with Gasteiger partial charge in [0.15, 0.2) is 0 Å². The fourth-order valence-electron chi connectivity index (χ4n) is 1.96. The minimum absolute atomic E-state index is 0.344. The number of sulfonamides is 2. The lowest BCUT2D eigenvalue weighted by Gasteiger charge is -2.09. The Morgan fingerprint density at radius 3 is 2.40 bits per heavy atom. The van der Waals surface area contributed by atoms with Crippen LogP contribution in [0.15, 0.2) is 51.6 Å². The quantitative estimate of drug-likeness (QED) is 0.668. The van der Waals surface area contributed by atoms with Crippen LogP contribution in [0.4, 0.5) is 10.1 Å². The Hall–Kier alpha value is -1.88. The number of nitrogens with one attached hydrogen (secondary N) is 1. The Morgan fingerprint density at radius 2 is 1.80 bits per heavy atom. The average Bonchev–Trinajstić information content (AvgIpc) is 2.47. The molecule has 0 atom stereocenters. The largest absolute Gasteiger partial charge is 0.279 e. The van der Waals surface area contributed by atoms with Gasteiger partial charge >= 0.3 is 0 Å². The molecule has 2 aromatic rings. The molecule has 0 amide bonds. The van der Waals surface area contributed by atoms with Crippen molar-refractivity contribution in [1.82, 2.24) is 0 Å². The molecule has 0 aromatic heterocycles. The van der Waals surface area contributed by atoms with Gasteiger partial charge in [0.05, 0.1) is 11.1 Å². The van der Waals surface area contributed by atoms with Gasteiger partial charge in [0.2, 0.25) is 10.0 Å². The van der Waals surface area contributed by atoms with Crippen LogP contribution in [0.3, 0.4) is 0 Å². The second kappa shape index (κ2) is 7.16. The smallest absolute Gasteiger partial charge is 0.255 e. The molecule has 0 heterocycles. The van der Waals surface area contributed by atoms with Crippen LogP contribution in [-0.4, -0.2) is 16.8 Å². The van der Waals surface area contributed by atoms with Crippen LogP contribution < -0.4 is 9.86 Å². The lowest BCUT2D eigenvalue weighted by Crippen LogP contribution is -2.17. The Labute approximate surface area is 151 Å². The Balaban J connectivity index is 2.35. The first kappa shape index (κ1) is 19.4. The standard InChI is InChI=1S/C15H15FN2O4S3/c1-10-2-3-11(14(23)8-10)6-7-24(19,20)18-13-5-4-12(16)9-15(13)25(17,21)22/h2-9,18,23H,1H3,(H2,17,21,22)/b7-6+. The number of hydrogen-bond donors (Lipinski definition) is 3. The molecule has 0 bridgehead atoms. The van der Waals surface area contributed by atoms with E-state index in [9.17, 15) is 21.2 Å². The van der Waals surface area contributed by atoms with Gasteiger partial charge in [0, 0.05) is 4.90 Å². The molecule has 3 N–H and O–H groups in total. The van der Waals surface area contributed by atoms with E-state index in [0.717, 1.165) is 23.1 Å². The molecule has 0 saturated carbocycles. The van der Waals surface area contributed by atoms with Crippen molar-refractivity contribution in [3.05, 3.63) is 58.8 Å². The summed E-state index contributed by atoms with van der Waals surface area (Å²) < 4.78 is 62.6.